The molecule has 3 aromatic rings. The summed E-state index contributed by atoms with van der Waals surface area (Å²) in [6, 6.07) is 10.0. The van der Waals surface area contributed by atoms with Crippen molar-refractivity contribution in [1.82, 2.24) is 9.38 Å². The summed E-state index contributed by atoms with van der Waals surface area (Å²) in [6.07, 6.45) is 4.45. The molecule has 6 nitrogen and oxygen atoms in total. The first-order chi connectivity index (χ1) is 13.0. The maximum absolute atomic E-state index is 12.1. The van der Waals surface area contributed by atoms with Gasteiger partial charge in [0.05, 0.1) is 17.8 Å². The first-order valence-electron chi connectivity index (χ1n) is 7.83. The molecule has 0 atom stereocenters. The first kappa shape index (κ1) is 18.9. The van der Waals surface area contributed by atoms with Crippen LogP contribution in [-0.2, 0) is 9.53 Å². The van der Waals surface area contributed by atoms with Crippen molar-refractivity contribution in [2.45, 2.75) is 0 Å². The molecule has 0 radical (unpaired) electrons. The minimum absolute atomic E-state index is 0.259. The lowest BCUT2D eigenvalue weighted by Crippen LogP contribution is -2.12. The van der Waals surface area contributed by atoms with E-state index in [4.69, 9.17) is 32.7 Å². The summed E-state index contributed by atoms with van der Waals surface area (Å²) >= 11 is 12.1. The van der Waals surface area contributed by atoms with Gasteiger partial charge < -0.3 is 9.47 Å². The van der Waals surface area contributed by atoms with E-state index in [2.05, 4.69) is 4.98 Å². The molecule has 0 N–H and O–H groups in total. The topological polar surface area (TPSA) is 69.9 Å². The maximum Gasteiger partial charge on any atom is 0.331 e. The molecule has 0 aliphatic heterocycles. The second kappa shape index (κ2) is 8.24. The number of halogens is 2. The molecule has 1 aromatic carbocycles. The molecular weight excluding hydrogens is 391 g/mol. The number of benzene rings is 1. The van der Waals surface area contributed by atoms with E-state index in [9.17, 15) is 9.59 Å². The molecule has 27 heavy (non-hydrogen) atoms. The Kier molecular flexibility index (Phi) is 5.78. The van der Waals surface area contributed by atoms with E-state index >= 15 is 0 Å². The van der Waals surface area contributed by atoms with Gasteiger partial charge in [-0.1, -0.05) is 29.3 Å². The van der Waals surface area contributed by atoms with Crippen LogP contribution in [0, 0.1) is 0 Å². The molecule has 0 amide bonds. The number of imidazole rings is 1. The van der Waals surface area contributed by atoms with Crippen LogP contribution >= 0.6 is 23.2 Å². The molecule has 2 heterocycles. The standard InChI is InChI=1S/C19H14Cl2N2O4/c1-26-16-7-5-12(10-13(16)20)15(24)11-27-18(25)8-6-14-19(21)22-17-4-2-3-9-23(14)17/h2-10H,11H2,1H3/b8-6+. The summed E-state index contributed by atoms with van der Waals surface area (Å²) in [4.78, 5) is 28.2. The SMILES string of the molecule is COc1ccc(C(=O)COC(=O)/C=C/c2c(Cl)nc3ccccn23)cc1Cl. The fraction of sp³-hybridized carbons (Fsp3) is 0.105. The van der Waals surface area contributed by atoms with E-state index in [1.54, 1.807) is 28.8 Å². The molecule has 0 unspecified atom stereocenters. The number of hydrogen-bond donors (Lipinski definition) is 0. The number of pyridine rings is 1. The third-order valence-corrected chi connectivity index (χ3v) is 4.29. The fourth-order valence-electron chi connectivity index (χ4n) is 2.39. The number of methoxy groups -OCH3 is 1. The van der Waals surface area contributed by atoms with Crippen molar-refractivity contribution in [3.05, 3.63) is 70.1 Å². The van der Waals surface area contributed by atoms with E-state index in [1.807, 2.05) is 12.1 Å². The third-order valence-electron chi connectivity index (χ3n) is 3.72. The van der Waals surface area contributed by atoms with Crippen molar-refractivity contribution in [3.63, 3.8) is 0 Å². The molecule has 0 fully saturated rings. The predicted octanol–water partition coefficient (Wildman–Crippen LogP) is 4.09. The summed E-state index contributed by atoms with van der Waals surface area (Å²) in [5.41, 5.74) is 1.52. The molecule has 0 bridgehead atoms. The highest BCUT2D eigenvalue weighted by atomic mass is 35.5. The van der Waals surface area contributed by atoms with Gasteiger partial charge in [-0.15, -0.1) is 0 Å². The number of rotatable bonds is 6. The highest BCUT2D eigenvalue weighted by Crippen LogP contribution is 2.25. The number of ketones is 1. The van der Waals surface area contributed by atoms with Crippen LogP contribution in [0.25, 0.3) is 11.7 Å². The average molecular weight is 405 g/mol. The average Bonchev–Trinajstić information content (AvgIpc) is 2.99. The molecule has 2 aromatic heterocycles. The van der Waals surface area contributed by atoms with E-state index in [-0.39, 0.29) is 10.9 Å². The Morgan fingerprint density at radius 3 is 2.78 bits per heavy atom. The van der Waals surface area contributed by atoms with Gasteiger partial charge in [0.15, 0.2) is 17.5 Å². The van der Waals surface area contributed by atoms with Gasteiger partial charge in [0.2, 0.25) is 0 Å². The Bertz CT molecular complexity index is 1040. The van der Waals surface area contributed by atoms with Crippen LogP contribution < -0.4 is 4.74 Å². The monoisotopic (exact) mass is 404 g/mol. The number of ether oxygens (including phenoxy) is 2. The van der Waals surface area contributed by atoms with Crippen molar-refractivity contribution in [2.24, 2.45) is 0 Å². The van der Waals surface area contributed by atoms with Crippen LogP contribution in [0.1, 0.15) is 16.1 Å². The van der Waals surface area contributed by atoms with Crippen LogP contribution in [0.2, 0.25) is 10.2 Å². The lowest BCUT2D eigenvalue weighted by Gasteiger charge is -2.05. The van der Waals surface area contributed by atoms with Gasteiger partial charge in [-0.05, 0) is 36.4 Å². The number of carbonyl (C=O) groups is 2. The van der Waals surface area contributed by atoms with Gasteiger partial charge in [0, 0.05) is 17.8 Å². The first-order valence-corrected chi connectivity index (χ1v) is 8.59. The van der Waals surface area contributed by atoms with Crippen molar-refractivity contribution >= 4 is 46.7 Å². The molecule has 0 saturated carbocycles. The molecule has 0 saturated heterocycles. The molecule has 0 spiro atoms. The summed E-state index contributed by atoms with van der Waals surface area (Å²) in [7, 11) is 1.48. The Morgan fingerprint density at radius 2 is 2.04 bits per heavy atom. The molecule has 0 aliphatic rings. The Balaban J connectivity index is 1.64. The molecule has 3 rings (SSSR count). The minimum Gasteiger partial charge on any atom is -0.495 e. The summed E-state index contributed by atoms with van der Waals surface area (Å²) < 4.78 is 11.7. The molecule has 0 aliphatic carbocycles. The van der Waals surface area contributed by atoms with Crippen molar-refractivity contribution in [2.75, 3.05) is 13.7 Å². The van der Waals surface area contributed by atoms with Crippen LogP contribution in [0.3, 0.4) is 0 Å². The maximum atomic E-state index is 12.1. The van der Waals surface area contributed by atoms with Crippen molar-refractivity contribution < 1.29 is 19.1 Å². The van der Waals surface area contributed by atoms with Crippen LogP contribution in [0.4, 0.5) is 0 Å². The second-order valence-corrected chi connectivity index (χ2v) is 6.20. The number of hydrogen-bond acceptors (Lipinski definition) is 5. The lowest BCUT2D eigenvalue weighted by atomic mass is 10.1. The summed E-state index contributed by atoms with van der Waals surface area (Å²) in [5.74, 6) is -0.600. The smallest absolute Gasteiger partial charge is 0.331 e. The van der Waals surface area contributed by atoms with Crippen LogP contribution in [-0.4, -0.2) is 34.9 Å². The largest absolute Gasteiger partial charge is 0.495 e. The Hall–Kier alpha value is -2.83. The lowest BCUT2D eigenvalue weighted by molar-refractivity contribution is -0.136. The number of esters is 1. The normalized spacial score (nSPS) is 11.1. The molecule has 138 valence electrons. The zero-order chi connectivity index (χ0) is 19.4. The van der Waals surface area contributed by atoms with Gasteiger partial charge in [-0.25, -0.2) is 9.78 Å². The number of Topliss-reactive ketones (excluding diaryl/α,β-unsaturated/α-hetero) is 1. The van der Waals surface area contributed by atoms with E-state index in [1.165, 1.54) is 25.3 Å². The van der Waals surface area contributed by atoms with E-state index < -0.39 is 12.6 Å². The highest BCUT2D eigenvalue weighted by molar-refractivity contribution is 6.32. The zero-order valence-corrected chi connectivity index (χ0v) is 15.7. The van der Waals surface area contributed by atoms with Gasteiger partial charge in [0.25, 0.3) is 0 Å². The Labute approximate surface area is 164 Å². The van der Waals surface area contributed by atoms with Crippen LogP contribution in [0.15, 0.2) is 48.7 Å². The van der Waals surface area contributed by atoms with Gasteiger partial charge in [0.1, 0.15) is 11.4 Å². The second-order valence-electron chi connectivity index (χ2n) is 5.43. The Morgan fingerprint density at radius 1 is 1.22 bits per heavy atom. The minimum atomic E-state index is -0.676. The number of nitrogens with zero attached hydrogens (tertiary/aromatic N) is 2. The van der Waals surface area contributed by atoms with Crippen LogP contribution in [0.5, 0.6) is 5.75 Å². The number of carbonyl (C=O) groups excluding carboxylic acids is 2. The van der Waals surface area contributed by atoms with Gasteiger partial charge in [-0.2, -0.15) is 0 Å². The van der Waals surface area contributed by atoms with Gasteiger partial charge >= 0.3 is 5.97 Å². The summed E-state index contributed by atoms with van der Waals surface area (Å²) in [6.45, 7) is -0.410. The molecule has 8 heteroatoms. The van der Waals surface area contributed by atoms with Crippen molar-refractivity contribution in [1.29, 1.82) is 0 Å². The third kappa shape index (κ3) is 4.30. The summed E-state index contributed by atoms with van der Waals surface area (Å²) in [5, 5.41) is 0.561. The zero-order valence-electron chi connectivity index (χ0n) is 14.2. The highest BCUT2D eigenvalue weighted by Gasteiger charge is 2.12. The predicted molar refractivity (Wildman–Crippen MR) is 103 cm³/mol. The van der Waals surface area contributed by atoms with E-state index in [0.717, 1.165) is 0 Å². The molecular formula is C19H14Cl2N2O4. The quantitative estimate of drug-likeness (QED) is 0.351. The fourth-order valence-corrected chi connectivity index (χ4v) is 2.89. The van der Waals surface area contributed by atoms with E-state index in [0.29, 0.717) is 27.7 Å². The number of aromatic nitrogens is 2. The van der Waals surface area contributed by atoms with Gasteiger partial charge in [-0.3, -0.25) is 9.20 Å². The number of fused-ring (bicyclic) bond motifs is 1. The van der Waals surface area contributed by atoms with Crippen molar-refractivity contribution in [3.8, 4) is 5.75 Å².